The van der Waals surface area contributed by atoms with Crippen molar-refractivity contribution < 1.29 is 9.53 Å². The van der Waals surface area contributed by atoms with E-state index in [2.05, 4.69) is 39.0 Å². The monoisotopic (exact) mass is 274 g/mol. The fraction of sp³-hybridized carbons (Fsp3) is 0.611. The number of benzene rings is 1. The summed E-state index contributed by atoms with van der Waals surface area (Å²) in [5, 5.41) is 0. The molecule has 1 atom stereocenters. The molecular weight excluding hydrogens is 248 g/mol. The molecule has 0 saturated heterocycles. The third-order valence-electron chi connectivity index (χ3n) is 4.35. The highest BCUT2D eigenvalue weighted by atomic mass is 16.5. The number of fused-ring (bicyclic) bond motifs is 1. The van der Waals surface area contributed by atoms with Gasteiger partial charge in [-0.25, -0.2) is 0 Å². The Balaban J connectivity index is 1.99. The predicted octanol–water partition coefficient (Wildman–Crippen LogP) is 3.94. The number of aryl methyl sites for hydroxylation is 1. The van der Waals surface area contributed by atoms with Crippen LogP contribution in [-0.4, -0.2) is 12.6 Å². The van der Waals surface area contributed by atoms with Gasteiger partial charge in [0.15, 0.2) is 0 Å². The third kappa shape index (κ3) is 3.62. The second-order valence-electron chi connectivity index (χ2n) is 6.88. The standard InChI is InChI=1S/C18H26O2/c1-5-20-17(19)9-7-13-6-8-14-11-16(18(2,3)4)12-15(14)10-13/h6,8,10,16H,5,7,9,11-12H2,1-4H3. The molecule has 0 radical (unpaired) electrons. The molecule has 0 aromatic heterocycles. The summed E-state index contributed by atoms with van der Waals surface area (Å²) in [5.41, 5.74) is 4.59. The van der Waals surface area contributed by atoms with Crippen molar-refractivity contribution in [3.05, 3.63) is 34.9 Å². The van der Waals surface area contributed by atoms with E-state index in [1.54, 1.807) is 0 Å². The summed E-state index contributed by atoms with van der Waals surface area (Å²) in [6.45, 7) is 9.29. The molecule has 0 N–H and O–H groups in total. The minimum atomic E-state index is -0.0967. The van der Waals surface area contributed by atoms with Crippen LogP contribution in [0.2, 0.25) is 0 Å². The summed E-state index contributed by atoms with van der Waals surface area (Å²) in [6.07, 6.45) is 3.63. The summed E-state index contributed by atoms with van der Waals surface area (Å²) in [7, 11) is 0. The van der Waals surface area contributed by atoms with Gasteiger partial charge in [-0.15, -0.1) is 0 Å². The molecular formula is C18H26O2. The number of hydrogen-bond donors (Lipinski definition) is 0. The van der Waals surface area contributed by atoms with Gasteiger partial charge in [0.2, 0.25) is 0 Å². The molecule has 0 spiro atoms. The number of carbonyl (C=O) groups excluding carboxylic acids is 1. The lowest BCUT2D eigenvalue weighted by molar-refractivity contribution is -0.143. The van der Waals surface area contributed by atoms with Crippen molar-refractivity contribution >= 4 is 5.97 Å². The molecule has 0 aliphatic heterocycles. The van der Waals surface area contributed by atoms with E-state index in [-0.39, 0.29) is 5.97 Å². The molecule has 1 aliphatic rings. The Labute approximate surface area is 122 Å². The van der Waals surface area contributed by atoms with Crippen molar-refractivity contribution in [2.24, 2.45) is 11.3 Å². The van der Waals surface area contributed by atoms with Crippen LogP contribution in [0, 0.1) is 11.3 Å². The van der Waals surface area contributed by atoms with Gasteiger partial charge >= 0.3 is 5.97 Å². The summed E-state index contributed by atoms with van der Waals surface area (Å²) in [6, 6.07) is 6.71. The zero-order chi connectivity index (χ0) is 14.8. The molecule has 110 valence electrons. The molecule has 1 aliphatic carbocycles. The Kier molecular flexibility index (Phi) is 4.52. The largest absolute Gasteiger partial charge is 0.466 e. The molecule has 1 unspecified atom stereocenters. The highest BCUT2D eigenvalue weighted by Crippen LogP contribution is 2.38. The van der Waals surface area contributed by atoms with Gasteiger partial charge in [0.05, 0.1) is 6.61 Å². The van der Waals surface area contributed by atoms with Crippen LogP contribution in [0.4, 0.5) is 0 Å². The molecule has 2 heteroatoms. The molecule has 20 heavy (non-hydrogen) atoms. The van der Waals surface area contributed by atoms with Crippen LogP contribution >= 0.6 is 0 Å². The van der Waals surface area contributed by atoms with E-state index >= 15 is 0 Å². The van der Waals surface area contributed by atoms with Gasteiger partial charge in [-0.1, -0.05) is 39.0 Å². The fourth-order valence-electron chi connectivity index (χ4n) is 2.92. The number of rotatable bonds is 4. The van der Waals surface area contributed by atoms with Gasteiger partial charge in [0.25, 0.3) is 0 Å². The summed E-state index contributed by atoms with van der Waals surface area (Å²) < 4.78 is 4.98. The zero-order valence-corrected chi connectivity index (χ0v) is 13.2. The van der Waals surface area contributed by atoms with Crippen molar-refractivity contribution in [2.45, 2.75) is 53.4 Å². The van der Waals surface area contributed by atoms with E-state index in [1.807, 2.05) is 6.92 Å². The number of esters is 1. The molecule has 0 bridgehead atoms. The Bertz CT molecular complexity index is 483. The lowest BCUT2D eigenvalue weighted by atomic mass is 9.79. The molecule has 0 heterocycles. The lowest BCUT2D eigenvalue weighted by Gasteiger charge is -2.26. The van der Waals surface area contributed by atoms with Crippen molar-refractivity contribution in [1.82, 2.24) is 0 Å². The molecule has 1 aromatic rings. The maximum absolute atomic E-state index is 11.4. The van der Waals surface area contributed by atoms with Crippen LogP contribution in [0.3, 0.4) is 0 Å². The van der Waals surface area contributed by atoms with Crippen LogP contribution in [0.15, 0.2) is 18.2 Å². The van der Waals surface area contributed by atoms with E-state index in [1.165, 1.54) is 29.5 Å². The zero-order valence-electron chi connectivity index (χ0n) is 13.2. The van der Waals surface area contributed by atoms with Gasteiger partial charge < -0.3 is 4.74 Å². The van der Waals surface area contributed by atoms with Gasteiger partial charge in [-0.3, -0.25) is 4.79 Å². The van der Waals surface area contributed by atoms with Crippen molar-refractivity contribution in [3.8, 4) is 0 Å². The maximum atomic E-state index is 11.4. The third-order valence-corrected chi connectivity index (χ3v) is 4.35. The number of ether oxygens (including phenoxy) is 1. The summed E-state index contributed by atoms with van der Waals surface area (Å²) in [5.74, 6) is 0.637. The Hall–Kier alpha value is -1.31. The quantitative estimate of drug-likeness (QED) is 0.777. The minimum absolute atomic E-state index is 0.0967. The predicted molar refractivity (Wildman–Crippen MR) is 81.7 cm³/mol. The van der Waals surface area contributed by atoms with Gasteiger partial charge in [-0.2, -0.15) is 0 Å². The average Bonchev–Trinajstić information content (AvgIpc) is 2.79. The minimum Gasteiger partial charge on any atom is -0.466 e. The first kappa shape index (κ1) is 15.1. The van der Waals surface area contributed by atoms with E-state index in [4.69, 9.17) is 4.74 Å². The molecule has 0 saturated carbocycles. The van der Waals surface area contributed by atoms with Crippen LogP contribution in [0.1, 0.15) is 50.8 Å². The van der Waals surface area contributed by atoms with Crippen LogP contribution in [0.25, 0.3) is 0 Å². The average molecular weight is 274 g/mol. The van der Waals surface area contributed by atoms with Gasteiger partial charge in [0.1, 0.15) is 0 Å². The fourth-order valence-corrected chi connectivity index (χ4v) is 2.92. The Morgan fingerprint density at radius 1 is 1.25 bits per heavy atom. The second-order valence-corrected chi connectivity index (χ2v) is 6.88. The van der Waals surface area contributed by atoms with Gasteiger partial charge in [0, 0.05) is 6.42 Å². The van der Waals surface area contributed by atoms with E-state index in [0.29, 0.717) is 18.4 Å². The smallest absolute Gasteiger partial charge is 0.306 e. The van der Waals surface area contributed by atoms with Crippen molar-refractivity contribution in [1.29, 1.82) is 0 Å². The first-order valence-electron chi connectivity index (χ1n) is 7.66. The summed E-state index contributed by atoms with van der Waals surface area (Å²) >= 11 is 0. The van der Waals surface area contributed by atoms with E-state index in [0.717, 1.165) is 12.3 Å². The van der Waals surface area contributed by atoms with Crippen molar-refractivity contribution in [3.63, 3.8) is 0 Å². The van der Waals surface area contributed by atoms with Crippen LogP contribution < -0.4 is 0 Å². The number of hydrogen-bond acceptors (Lipinski definition) is 2. The Morgan fingerprint density at radius 2 is 1.95 bits per heavy atom. The first-order chi connectivity index (χ1) is 9.40. The number of carbonyl (C=O) groups is 1. The van der Waals surface area contributed by atoms with Crippen molar-refractivity contribution in [2.75, 3.05) is 6.61 Å². The molecule has 1 aromatic carbocycles. The topological polar surface area (TPSA) is 26.3 Å². The van der Waals surface area contributed by atoms with Crippen LogP contribution in [-0.2, 0) is 28.8 Å². The summed E-state index contributed by atoms with van der Waals surface area (Å²) in [4.78, 5) is 11.4. The second kappa shape index (κ2) is 5.99. The lowest BCUT2D eigenvalue weighted by Crippen LogP contribution is -2.20. The molecule has 2 nitrogen and oxygen atoms in total. The van der Waals surface area contributed by atoms with E-state index in [9.17, 15) is 4.79 Å². The molecule has 0 amide bonds. The Morgan fingerprint density at radius 3 is 2.60 bits per heavy atom. The van der Waals surface area contributed by atoms with Crippen LogP contribution in [0.5, 0.6) is 0 Å². The van der Waals surface area contributed by atoms with Gasteiger partial charge in [-0.05, 0) is 54.2 Å². The maximum Gasteiger partial charge on any atom is 0.306 e. The first-order valence-corrected chi connectivity index (χ1v) is 7.66. The van der Waals surface area contributed by atoms with E-state index < -0.39 is 0 Å². The normalized spacial score (nSPS) is 17.9. The highest BCUT2D eigenvalue weighted by Gasteiger charge is 2.30. The molecule has 2 rings (SSSR count). The highest BCUT2D eigenvalue weighted by molar-refractivity contribution is 5.69. The SMILES string of the molecule is CCOC(=O)CCc1ccc2c(c1)CC(C(C)(C)C)C2. The molecule has 0 fully saturated rings.